The van der Waals surface area contributed by atoms with Gasteiger partial charge in [0, 0.05) is 0 Å². The molecule has 1 rings (SSSR count). The minimum absolute atomic E-state index is 0.352. The molecule has 0 aliphatic carbocycles. The molecular weight excluding hydrogens is 188 g/mol. The van der Waals surface area contributed by atoms with Crippen LogP contribution in [0.3, 0.4) is 0 Å². The minimum Gasteiger partial charge on any atom is -0.368 e. The third-order valence-electron chi connectivity index (χ3n) is 2.51. The van der Waals surface area contributed by atoms with Gasteiger partial charge in [-0.15, -0.1) is 0 Å². The summed E-state index contributed by atoms with van der Waals surface area (Å²) in [5.74, 6) is 0.149. The lowest BCUT2D eigenvalue weighted by molar-refractivity contribution is -0.120. The average molecular weight is 206 g/mol. The summed E-state index contributed by atoms with van der Waals surface area (Å²) >= 11 is 0. The van der Waals surface area contributed by atoms with Crippen molar-refractivity contribution >= 4 is 5.91 Å². The fourth-order valence-corrected chi connectivity index (χ4v) is 1.55. The SMILES string of the molecule is CNC(C(N)=O)c1ccc(C(C)C)cc1. The van der Waals surface area contributed by atoms with Crippen molar-refractivity contribution in [2.75, 3.05) is 7.05 Å². The first-order valence-corrected chi connectivity index (χ1v) is 5.12. The maximum absolute atomic E-state index is 11.1. The van der Waals surface area contributed by atoms with Crippen molar-refractivity contribution in [1.29, 1.82) is 0 Å². The van der Waals surface area contributed by atoms with E-state index in [1.54, 1.807) is 7.05 Å². The average Bonchev–Trinajstić information content (AvgIpc) is 2.19. The number of nitrogens with one attached hydrogen (secondary N) is 1. The molecule has 0 fully saturated rings. The fourth-order valence-electron chi connectivity index (χ4n) is 1.55. The van der Waals surface area contributed by atoms with E-state index < -0.39 is 6.04 Å². The van der Waals surface area contributed by atoms with E-state index in [9.17, 15) is 4.79 Å². The molecule has 0 spiro atoms. The van der Waals surface area contributed by atoms with Gasteiger partial charge in [0.1, 0.15) is 6.04 Å². The Kier molecular flexibility index (Phi) is 3.86. The molecule has 1 atom stereocenters. The van der Waals surface area contributed by atoms with Crippen LogP contribution in [0.25, 0.3) is 0 Å². The van der Waals surface area contributed by atoms with Crippen molar-refractivity contribution in [2.45, 2.75) is 25.8 Å². The highest BCUT2D eigenvalue weighted by atomic mass is 16.1. The largest absolute Gasteiger partial charge is 0.368 e. The van der Waals surface area contributed by atoms with Crippen LogP contribution in [0.5, 0.6) is 0 Å². The number of amides is 1. The van der Waals surface area contributed by atoms with E-state index in [-0.39, 0.29) is 5.91 Å². The molecule has 0 bridgehead atoms. The van der Waals surface area contributed by atoms with Crippen molar-refractivity contribution < 1.29 is 4.79 Å². The summed E-state index contributed by atoms with van der Waals surface area (Å²) in [6, 6.07) is 7.56. The Morgan fingerprint density at radius 1 is 1.20 bits per heavy atom. The van der Waals surface area contributed by atoms with Gasteiger partial charge in [-0.05, 0) is 24.1 Å². The van der Waals surface area contributed by atoms with E-state index in [1.165, 1.54) is 5.56 Å². The van der Waals surface area contributed by atoms with E-state index in [2.05, 4.69) is 19.2 Å². The Bertz CT molecular complexity index is 330. The number of rotatable bonds is 4. The van der Waals surface area contributed by atoms with Gasteiger partial charge in [0.05, 0.1) is 0 Å². The highest BCUT2D eigenvalue weighted by molar-refractivity contribution is 5.81. The second-order valence-corrected chi connectivity index (χ2v) is 3.95. The molecule has 1 unspecified atom stereocenters. The summed E-state index contributed by atoms with van der Waals surface area (Å²) in [6.07, 6.45) is 0. The Balaban J connectivity index is 2.92. The fraction of sp³-hybridized carbons (Fsp3) is 0.417. The lowest BCUT2D eigenvalue weighted by Crippen LogP contribution is -2.31. The van der Waals surface area contributed by atoms with Crippen LogP contribution in [0.15, 0.2) is 24.3 Å². The first kappa shape index (κ1) is 11.7. The topological polar surface area (TPSA) is 55.1 Å². The lowest BCUT2D eigenvalue weighted by atomic mass is 9.99. The molecule has 3 heteroatoms. The molecule has 15 heavy (non-hydrogen) atoms. The number of hydrogen-bond donors (Lipinski definition) is 2. The first-order chi connectivity index (χ1) is 7.06. The van der Waals surface area contributed by atoms with E-state index in [0.717, 1.165) is 5.56 Å². The molecule has 0 aromatic heterocycles. The van der Waals surface area contributed by atoms with E-state index in [1.807, 2.05) is 24.3 Å². The molecule has 1 amide bonds. The maximum Gasteiger partial charge on any atom is 0.239 e. The molecule has 0 radical (unpaired) electrons. The van der Waals surface area contributed by atoms with Crippen LogP contribution < -0.4 is 11.1 Å². The molecule has 82 valence electrons. The zero-order chi connectivity index (χ0) is 11.4. The van der Waals surface area contributed by atoms with Crippen LogP contribution in [-0.2, 0) is 4.79 Å². The van der Waals surface area contributed by atoms with Gasteiger partial charge < -0.3 is 11.1 Å². The number of nitrogens with two attached hydrogens (primary N) is 1. The highest BCUT2D eigenvalue weighted by Gasteiger charge is 2.14. The van der Waals surface area contributed by atoms with Crippen LogP contribution in [0.4, 0.5) is 0 Å². The molecule has 0 saturated carbocycles. The molecule has 1 aromatic carbocycles. The van der Waals surface area contributed by atoms with Crippen molar-refractivity contribution in [1.82, 2.24) is 5.32 Å². The normalized spacial score (nSPS) is 12.8. The van der Waals surface area contributed by atoms with Gasteiger partial charge in [0.25, 0.3) is 0 Å². The molecular formula is C12H18N2O. The Morgan fingerprint density at radius 2 is 1.67 bits per heavy atom. The van der Waals surface area contributed by atoms with Crippen molar-refractivity contribution in [3.8, 4) is 0 Å². The van der Waals surface area contributed by atoms with Crippen molar-refractivity contribution in [3.05, 3.63) is 35.4 Å². The number of likely N-dealkylation sites (N-methyl/N-ethyl adjacent to an activating group) is 1. The zero-order valence-corrected chi connectivity index (χ0v) is 9.45. The molecule has 0 heterocycles. The van der Waals surface area contributed by atoms with E-state index >= 15 is 0 Å². The van der Waals surface area contributed by atoms with Gasteiger partial charge in [-0.1, -0.05) is 38.1 Å². The highest BCUT2D eigenvalue weighted by Crippen LogP contribution is 2.18. The Labute approximate surface area is 90.7 Å². The molecule has 0 aliphatic rings. The van der Waals surface area contributed by atoms with Gasteiger partial charge in [-0.25, -0.2) is 0 Å². The number of primary amides is 1. The van der Waals surface area contributed by atoms with Crippen molar-refractivity contribution in [3.63, 3.8) is 0 Å². The number of carbonyl (C=O) groups is 1. The monoisotopic (exact) mass is 206 g/mol. The Morgan fingerprint density at radius 3 is 2.00 bits per heavy atom. The third kappa shape index (κ3) is 2.80. The molecule has 1 aromatic rings. The van der Waals surface area contributed by atoms with Crippen molar-refractivity contribution in [2.24, 2.45) is 5.73 Å². The van der Waals surface area contributed by atoms with Crippen LogP contribution in [0.1, 0.15) is 36.9 Å². The van der Waals surface area contributed by atoms with Crippen LogP contribution >= 0.6 is 0 Å². The van der Waals surface area contributed by atoms with Gasteiger partial charge >= 0.3 is 0 Å². The molecule has 3 N–H and O–H groups in total. The predicted molar refractivity (Wildman–Crippen MR) is 61.5 cm³/mol. The summed E-state index contributed by atoms with van der Waals surface area (Å²) in [5, 5.41) is 2.89. The smallest absolute Gasteiger partial charge is 0.239 e. The Hall–Kier alpha value is -1.35. The maximum atomic E-state index is 11.1. The first-order valence-electron chi connectivity index (χ1n) is 5.12. The summed E-state index contributed by atoms with van der Waals surface area (Å²) in [7, 11) is 1.73. The quantitative estimate of drug-likeness (QED) is 0.785. The minimum atomic E-state index is -0.397. The number of hydrogen-bond acceptors (Lipinski definition) is 2. The second-order valence-electron chi connectivity index (χ2n) is 3.95. The standard InChI is InChI=1S/C12H18N2O/c1-8(2)9-4-6-10(7-5-9)11(14-3)12(13)15/h4-8,11,14H,1-3H3,(H2,13,15). The zero-order valence-electron chi connectivity index (χ0n) is 9.45. The van der Waals surface area contributed by atoms with Gasteiger partial charge in [0.15, 0.2) is 0 Å². The summed E-state index contributed by atoms with van der Waals surface area (Å²) < 4.78 is 0. The lowest BCUT2D eigenvalue weighted by Gasteiger charge is -2.13. The second kappa shape index (κ2) is 4.94. The summed E-state index contributed by atoms with van der Waals surface area (Å²) in [5.41, 5.74) is 7.45. The van der Waals surface area contributed by atoms with Gasteiger partial charge in [0.2, 0.25) is 5.91 Å². The molecule has 0 saturated heterocycles. The summed E-state index contributed by atoms with van der Waals surface area (Å²) in [4.78, 5) is 11.1. The van der Waals surface area contributed by atoms with Gasteiger partial charge in [-0.3, -0.25) is 4.79 Å². The predicted octanol–water partition coefficient (Wildman–Crippen LogP) is 1.56. The molecule has 3 nitrogen and oxygen atoms in total. The van der Waals surface area contributed by atoms with E-state index in [0.29, 0.717) is 5.92 Å². The number of benzene rings is 1. The summed E-state index contributed by atoms with van der Waals surface area (Å²) in [6.45, 7) is 4.28. The van der Waals surface area contributed by atoms with Crippen LogP contribution in [-0.4, -0.2) is 13.0 Å². The number of carbonyl (C=O) groups excluding carboxylic acids is 1. The van der Waals surface area contributed by atoms with E-state index in [4.69, 9.17) is 5.73 Å². The molecule has 0 aliphatic heterocycles. The van der Waals surface area contributed by atoms with Crippen LogP contribution in [0.2, 0.25) is 0 Å². The third-order valence-corrected chi connectivity index (χ3v) is 2.51. The van der Waals surface area contributed by atoms with Crippen LogP contribution in [0, 0.1) is 0 Å². The van der Waals surface area contributed by atoms with Gasteiger partial charge in [-0.2, -0.15) is 0 Å².